The third kappa shape index (κ3) is 6.15. The molecular weight excluding hydrogens is 475 g/mol. The van der Waals surface area contributed by atoms with Crippen molar-refractivity contribution in [3.8, 4) is 0 Å². The Morgan fingerprint density at radius 2 is 1.81 bits per heavy atom. The Morgan fingerprint density at radius 1 is 1.09 bits per heavy atom. The maximum atomic E-state index is 13.1. The number of amides is 2. The zero-order chi connectivity index (χ0) is 23.3. The molecule has 32 heavy (non-hydrogen) atoms. The Morgan fingerprint density at radius 3 is 2.47 bits per heavy atom. The van der Waals surface area contributed by atoms with Crippen LogP contribution in [0.15, 0.2) is 42.5 Å². The number of piperidine rings is 1. The summed E-state index contributed by atoms with van der Waals surface area (Å²) in [6.07, 6.45) is 1.32. The fourth-order valence-electron chi connectivity index (χ4n) is 3.67. The summed E-state index contributed by atoms with van der Waals surface area (Å²) in [7, 11) is 1.30. The first-order valence-corrected chi connectivity index (χ1v) is 11.3. The van der Waals surface area contributed by atoms with E-state index in [0.717, 1.165) is 5.56 Å². The topological polar surface area (TPSA) is 75.7 Å². The summed E-state index contributed by atoms with van der Waals surface area (Å²) in [6, 6.07) is 11.1. The van der Waals surface area contributed by atoms with Gasteiger partial charge in [0.1, 0.15) is 0 Å². The summed E-state index contributed by atoms with van der Waals surface area (Å²) in [5.41, 5.74) is 1.16. The van der Waals surface area contributed by atoms with Crippen molar-refractivity contribution < 1.29 is 19.1 Å². The third-order valence-electron chi connectivity index (χ3n) is 5.43. The maximum Gasteiger partial charge on any atom is 0.307 e. The summed E-state index contributed by atoms with van der Waals surface area (Å²) >= 11 is 17.9. The number of ether oxygens (including phenoxy) is 1. The van der Waals surface area contributed by atoms with Crippen LogP contribution in [0.4, 0.5) is 0 Å². The number of esters is 1. The fourth-order valence-corrected chi connectivity index (χ4v) is 4.10. The van der Waals surface area contributed by atoms with Crippen LogP contribution in [-0.2, 0) is 14.3 Å². The zero-order valence-corrected chi connectivity index (χ0v) is 19.7. The number of hydrogen-bond donors (Lipinski definition) is 1. The molecule has 2 amide bonds. The van der Waals surface area contributed by atoms with Crippen molar-refractivity contribution in [2.75, 3.05) is 20.2 Å². The molecule has 2 aromatic carbocycles. The van der Waals surface area contributed by atoms with Crippen molar-refractivity contribution in [1.29, 1.82) is 0 Å². The van der Waals surface area contributed by atoms with Crippen molar-refractivity contribution in [2.24, 2.45) is 5.92 Å². The minimum absolute atomic E-state index is 0.0114. The van der Waals surface area contributed by atoms with Crippen molar-refractivity contribution >= 4 is 52.6 Å². The number of likely N-dealkylation sites (tertiary alicyclic amines) is 1. The van der Waals surface area contributed by atoms with Gasteiger partial charge in [-0.2, -0.15) is 0 Å². The summed E-state index contributed by atoms with van der Waals surface area (Å²) in [5, 5.41) is 4.18. The molecule has 170 valence electrons. The van der Waals surface area contributed by atoms with Crippen LogP contribution in [0.1, 0.15) is 41.2 Å². The van der Waals surface area contributed by atoms with Gasteiger partial charge in [0.2, 0.25) is 5.91 Å². The number of carbonyl (C=O) groups excluding carboxylic acids is 3. The molecule has 0 saturated carbocycles. The molecule has 2 aromatic rings. The molecule has 1 aliphatic rings. The van der Waals surface area contributed by atoms with Crippen LogP contribution < -0.4 is 5.32 Å². The van der Waals surface area contributed by atoms with Crippen LogP contribution in [0.3, 0.4) is 0 Å². The second-order valence-corrected chi connectivity index (χ2v) is 8.86. The molecule has 2 atom stereocenters. The number of hydrogen-bond acceptors (Lipinski definition) is 4. The lowest BCUT2D eigenvalue weighted by Crippen LogP contribution is -2.46. The number of nitrogens with one attached hydrogen (secondary N) is 1. The van der Waals surface area contributed by atoms with Gasteiger partial charge in [0, 0.05) is 23.7 Å². The molecule has 1 fully saturated rings. The Kier molecular flexibility index (Phi) is 8.40. The molecule has 3 rings (SSSR count). The Hall–Kier alpha value is -2.28. The largest absolute Gasteiger partial charge is 0.469 e. The van der Waals surface area contributed by atoms with E-state index < -0.39 is 17.9 Å². The van der Waals surface area contributed by atoms with E-state index in [1.807, 2.05) is 0 Å². The third-order valence-corrected chi connectivity index (χ3v) is 6.42. The fraction of sp³-hybridized carbons (Fsp3) is 0.348. The minimum atomic E-state index is -0.562. The average Bonchev–Trinajstić information content (AvgIpc) is 2.80. The number of nitrogens with zero attached hydrogens (tertiary/aromatic N) is 1. The number of halogens is 3. The Labute approximate surface area is 201 Å². The molecule has 1 aliphatic heterocycles. The van der Waals surface area contributed by atoms with Gasteiger partial charge in [-0.15, -0.1) is 0 Å². The quantitative estimate of drug-likeness (QED) is 0.575. The Balaban J connectivity index is 1.70. The summed E-state index contributed by atoms with van der Waals surface area (Å²) < 4.78 is 4.78. The van der Waals surface area contributed by atoms with E-state index in [1.54, 1.807) is 41.3 Å². The van der Waals surface area contributed by atoms with Crippen molar-refractivity contribution in [2.45, 2.75) is 25.3 Å². The molecule has 0 aliphatic carbocycles. The smallest absolute Gasteiger partial charge is 0.307 e. The molecule has 0 spiro atoms. The highest BCUT2D eigenvalue weighted by Gasteiger charge is 2.31. The van der Waals surface area contributed by atoms with Gasteiger partial charge in [-0.3, -0.25) is 14.4 Å². The van der Waals surface area contributed by atoms with Crippen LogP contribution in [0.25, 0.3) is 0 Å². The number of carbonyl (C=O) groups is 3. The van der Waals surface area contributed by atoms with Gasteiger partial charge in [0.15, 0.2) is 0 Å². The zero-order valence-electron chi connectivity index (χ0n) is 17.4. The average molecular weight is 498 g/mol. The van der Waals surface area contributed by atoms with E-state index >= 15 is 0 Å². The first-order chi connectivity index (χ1) is 15.3. The molecule has 0 bridgehead atoms. The van der Waals surface area contributed by atoms with Crippen LogP contribution in [0.2, 0.25) is 15.1 Å². The second-order valence-electron chi connectivity index (χ2n) is 7.61. The molecule has 1 heterocycles. The van der Waals surface area contributed by atoms with Crippen LogP contribution in [0.5, 0.6) is 0 Å². The molecule has 0 radical (unpaired) electrons. The van der Waals surface area contributed by atoms with Crippen molar-refractivity contribution in [3.05, 3.63) is 68.7 Å². The molecule has 2 unspecified atom stereocenters. The van der Waals surface area contributed by atoms with Gasteiger partial charge < -0.3 is 15.0 Å². The minimum Gasteiger partial charge on any atom is -0.469 e. The Bertz CT molecular complexity index is 997. The molecule has 0 aromatic heterocycles. The van der Waals surface area contributed by atoms with Crippen molar-refractivity contribution in [3.63, 3.8) is 0 Å². The lowest BCUT2D eigenvalue weighted by molar-refractivity contribution is -0.141. The van der Waals surface area contributed by atoms with E-state index in [2.05, 4.69) is 5.32 Å². The molecule has 1 saturated heterocycles. The highest BCUT2D eigenvalue weighted by atomic mass is 35.5. The highest BCUT2D eigenvalue weighted by Crippen LogP contribution is 2.26. The van der Waals surface area contributed by atoms with E-state index in [-0.39, 0.29) is 24.8 Å². The van der Waals surface area contributed by atoms with Gasteiger partial charge in [0.05, 0.1) is 35.5 Å². The number of benzene rings is 2. The summed E-state index contributed by atoms with van der Waals surface area (Å²) in [4.78, 5) is 39.5. The molecule has 9 heteroatoms. The number of methoxy groups -OCH3 is 1. The van der Waals surface area contributed by atoms with E-state index in [0.29, 0.717) is 40.0 Å². The van der Waals surface area contributed by atoms with Crippen molar-refractivity contribution in [1.82, 2.24) is 10.2 Å². The molecular formula is C23H23Cl3N2O4. The van der Waals surface area contributed by atoms with Gasteiger partial charge in [-0.1, -0.05) is 46.9 Å². The molecule has 6 nitrogen and oxygen atoms in total. The van der Waals surface area contributed by atoms with Crippen LogP contribution in [0, 0.1) is 5.92 Å². The van der Waals surface area contributed by atoms with Gasteiger partial charge in [-0.05, 0) is 48.7 Å². The van der Waals surface area contributed by atoms with Gasteiger partial charge in [-0.25, -0.2) is 0 Å². The van der Waals surface area contributed by atoms with Crippen LogP contribution in [-0.4, -0.2) is 42.9 Å². The van der Waals surface area contributed by atoms with Crippen LogP contribution >= 0.6 is 34.8 Å². The predicted octanol–water partition coefficient (Wildman–Crippen LogP) is 4.92. The number of rotatable bonds is 6. The lowest BCUT2D eigenvalue weighted by Gasteiger charge is -2.33. The first kappa shape index (κ1) is 24.4. The second kappa shape index (κ2) is 11.0. The van der Waals surface area contributed by atoms with E-state index in [4.69, 9.17) is 39.5 Å². The SMILES string of the molecule is COC(=O)CC(NC(=O)C1CCCN(C(=O)c2ccc(Cl)c(Cl)c2)C1)c1ccc(Cl)cc1. The molecule has 1 N–H and O–H groups in total. The van der Waals surface area contributed by atoms with E-state index in [1.165, 1.54) is 13.2 Å². The predicted molar refractivity (Wildman–Crippen MR) is 124 cm³/mol. The first-order valence-electron chi connectivity index (χ1n) is 10.2. The van der Waals surface area contributed by atoms with E-state index in [9.17, 15) is 14.4 Å². The van der Waals surface area contributed by atoms with Gasteiger partial charge >= 0.3 is 5.97 Å². The normalized spacial score (nSPS) is 16.9. The highest BCUT2D eigenvalue weighted by molar-refractivity contribution is 6.42. The summed E-state index contributed by atoms with van der Waals surface area (Å²) in [6.45, 7) is 0.822. The maximum absolute atomic E-state index is 13.1. The standard InChI is InChI=1S/C23H23Cl3N2O4/c1-32-21(29)12-20(14-4-7-17(24)8-5-14)27-22(30)16-3-2-10-28(13-16)23(31)15-6-9-18(25)19(26)11-15/h4-9,11,16,20H,2-3,10,12-13H2,1H3,(H,27,30). The van der Waals surface area contributed by atoms with Gasteiger partial charge in [0.25, 0.3) is 5.91 Å². The monoisotopic (exact) mass is 496 g/mol. The summed E-state index contributed by atoms with van der Waals surface area (Å²) in [5.74, 6) is -1.27. The lowest BCUT2D eigenvalue weighted by atomic mass is 9.95.